The number of ketones is 1. The van der Waals surface area contributed by atoms with Crippen molar-refractivity contribution in [3.8, 4) is 0 Å². The molecule has 1 aliphatic heterocycles. The zero-order valence-electron chi connectivity index (χ0n) is 15.5. The quantitative estimate of drug-likeness (QED) is 0.345. The van der Waals surface area contributed by atoms with Crippen molar-refractivity contribution < 1.29 is 9.59 Å². The summed E-state index contributed by atoms with van der Waals surface area (Å²) >= 11 is 11.9. The van der Waals surface area contributed by atoms with Gasteiger partial charge >= 0.3 is 0 Å². The molecule has 2 aliphatic carbocycles. The van der Waals surface area contributed by atoms with Gasteiger partial charge in [-0.1, -0.05) is 39.0 Å². The third-order valence-electron chi connectivity index (χ3n) is 7.13. The number of alkyl halides is 1. The van der Waals surface area contributed by atoms with E-state index in [1.165, 1.54) is 0 Å². The largest absolute Gasteiger partial charge is 0.325 e. The fraction of sp³-hybridized carbons (Fsp3) is 0.476. The Hall–Kier alpha value is -1.81. The van der Waals surface area contributed by atoms with Crippen LogP contribution in [0.2, 0.25) is 0 Å². The topological polar surface area (TPSA) is 58.5 Å². The van der Waals surface area contributed by atoms with Crippen LogP contribution in [0.25, 0.3) is 0 Å². The predicted octanol–water partition coefficient (Wildman–Crippen LogP) is 4.45. The number of anilines is 1. The number of aliphatic imine (C=N–C) groups is 1. The smallest absolute Gasteiger partial charge is 0.232 e. The zero-order valence-corrected chi connectivity index (χ0v) is 17.1. The van der Waals surface area contributed by atoms with Crippen LogP contribution in [0.3, 0.4) is 0 Å². The lowest BCUT2D eigenvalue weighted by atomic mass is 9.53. The molecule has 0 unspecified atom stereocenters. The van der Waals surface area contributed by atoms with Crippen molar-refractivity contribution in [1.82, 2.24) is 0 Å². The summed E-state index contributed by atoms with van der Waals surface area (Å²) in [5.41, 5.74) is -0.566. The van der Waals surface area contributed by atoms with Gasteiger partial charge in [-0.25, -0.2) is 4.99 Å². The Morgan fingerprint density at radius 2 is 2.07 bits per heavy atom. The third-order valence-corrected chi connectivity index (χ3v) is 7.85. The standard InChI is InChI=1S/C21H21ClN2O2S/c1-5-20(4)14(22)9-12-17(25)21(20,23-10-27)11-7-6-8-13-15(11)16(18(26)24-13)19(12,2)3/h5-8,12,14,16H,1,9H2,2-4H3,(H,24,26)/t12-,14+,16+,20+,21+/m0/s1. The maximum atomic E-state index is 14.0. The third kappa shape index (κ3) is 1.95. The van der Waals surface area contributed by atoms with E-state index >= 15 is 0 Å². The number of nitrogens with one attached hydrogen (secondary N) is 1. The summed E-state index contributed by atoms with van der Waals surface area (Å²) in [6.45, 7) is 9.84. The number of benzene rings is 1. The summed E-state index contributed by atoms with van der Waals surface area (Å²) in [5.74, 6) is -1.03. The van der Waals surface area contributed by atoms with Gasteiger partial charge in [0.2, 0.25) is 5.91 Å². The SMILES string of the molecule is C=C[C@]1(C)[C@H](Cl)C[C@H]2C(=O)[C@]1(N=C=S)c1cccc3c1[C@H](C(=O)N3)C2(C)C. The van der Waals surface area contributed by atoms with E-state index in [-0.39, 0.29) is 17.1 Å². The number of thiocarbonyl (C=S) groups is 1. The summed E-state index contributed by atoms with van der Waals surface area (Å²) in [6, 6.07) is 5.57. The molecular formula is C21H21ClN2O2S. The van der Waals surface area contributed by atoms with E-state index in [9.17, 15) is 9.59 Å². The Morgan fingerprint density at radius 1 is 1.37 bits per heavy atom. The van der Waals surface area contributed by atoms with E-state index in [0.29, 0.717) is 12.0 Å². The summed E-state index contributed by atoms with van der Waals surface area (Å²) in [5, 5.41) is 5.06. The molecule has 6 heteroatoms. The van der Waals surface area contributed by atoms with E-state index in [1.54, 1.807) is 6.08 Å². The van der Waals surface area contributed by atoms with Crippen LogP contribution < -0.4 is 5.32 Å². The second-order valence-electron chi connectivity index (χ2n) is 8.53. The van der Waals surface area contributed by atoms with Gasteiger partial charge in [0.15, 0.2) is 11.3 Å². The molecule has 3 aliphatic rings. The minimum absolute atomic E-state index is 0.0558. The van der Waals surface area contributed by atoms with Gasteiger partial charge in [0, 0.05) is 22.4 Å². The minimum Gasteiger partial charge on any atom is -0.325 e. The second kappa shape index (κ2) is 5.60. The predicted molar refractivity (Wildman–Crippen MR) is 109 cm³/mol. The van der Waals surface area contributed by atoms with Crippen LogP contribution in [0.15, 0.2) is 35.8 Å². The molecule has 1 fully saturated rings. The molecule has 4 nitrogen and oxygen atoms in total. The molecule has 0 saturated heterocycles. The highest BCUT2D eigenvalue weighted by molar-refractivity contribution is 7.78. The molecule has 27 heavy (non-hydrogen) atoms. The number of amides is 1. The Balaban J connectivity index is 2.22. The van der Waals surface area contributed by atoms with E-state index in [1.807, 2.05) is 39.0 Å². The van der Waals surface area contributed by atoms with E-state index in [4.69, 9.17) is 23.8 Å². The Kier molecular flexibility index (Phi) is 3.85. The molecule has 4 rings (SSSR count). The lowest BCUT2D eigenvalue weighted by Gasteiger charge is -2.52. The van der Waals surface area contributed by atoms with Crippen molar-refractivity contribution in [3.63, 3.8) is 0 Å². The van der Waals surface area contributed by atoms with Crippen LogP contribution in [0, 0.1) is 16.7 Å². The summed E-state index contributed by atoms with van der Waals surface area (Å²) in [7, 11) is 0. The van der Waals surface area contributed by atoms with Crippen molar-refractivity contribution in [3.05, 3.63) is 42.0 Å². The Labute approximate surface area is 169 Å². The molecule has 0 radical (unpaired) electrons. The van der Waals surface area contributed by atoms with Crippen LogP contribution >= 0.6 is 23.8 Å². The highest BCUT2D eigenvalue weighted by atomic mass is 35.5. The second-order valence-corrected chi connectivity index (χ2v) is 9.24. The van der Waals surface area contributed by atoms with E-state index < -0.39 is 28.2 Å². The monoisotopic (exact) mass is 400 g/mol. The van der Waals surface area contributed by atoms with Gasteiger partial charge in [-0.3, -0.25) is 9.59 Å². The molecule has 1 heterocycles. The van der Waals surface area contributed by atoms with Gasteiger partial charge in [-0.05, 0) is 41.2 Å². The van der Waals surface area contributed by atoms with Crippen molar-refractivity contribution >= 4 is 46.4 Å². The molecular weight excluding hydrogens is 380 g/mol. The van der Waals surface area contributed by atoms with Crippen LogP contribution in [0.1, 0.15) is 44.2 Å². The lowest BCUT2D eigenvalue weighted by molar-refractivity contribution is -0.141. The molecule has 0 aromatic heterocycles. The first-order chi connectivity index (χ1) is 12.7. The van der Waals surface area contributed by atoms with Crippen molar-refractivity contribution in [2.75, 3.05) is 5.32 Å². The highest BCUT2D eigenvalue weighted by Crippen LogP contribution is 2.65. The number of carbonyl (C=O) groups is 2. The number of hydrogen-bond donors (Lipinski definition) is 1. The number of isothiocyanates is 1. The Morgan fingerprint density at radius 3 is 2.70 bits per heavy atom. The van der Waals surface area contributed by atoms with Crippen LogP contribution in [0.5, 0.6) is 0 Å². The maximum absolute atomic E-state index is 14.0. The number of fused-ring (bicyclic) bond motifs is 3. The first kappa shape index (κ1) is 18.5. The number of rotatable bonds is 2. The van der Waals surface area contributed by atoms with Crippen molar-refractivity contribution in [1.29, 1.82) is 0 Å². The summed E-state index contributed by atoms with van der Waals surface area (Å²) in [4.78, 5) is 31.5. The van der Waals surface area contributed by atoms with Gasteiger partial charge in [0.1, 0.15) is 0 Å². The van der Waals surface area contributed by atoms with Gasteiger partial charge < -0.3 is 5.32 Å². The van der Waals surface area contributed by atoms with Gasteiger partial charge in [-0.15, -0.1) is 18.2 Å². The average molecular weight is 401 g/mol. The van der Waals surface area contributed by atoms with Crippen molar-refractivity contribution in [2.24, 2.45) is 21.7 Å². The molecule has 1 aromatic rings. The lowest BCUT2D eigenvalue weighted by Crippen LogP contribution is -2.60. The summed E-state index contributed by atoms with van der Waals surface area (Å²) < 4.78 is 0. The van der Waals surface area contributed by atoms with Gasteiger partial charge in [-0.2, -0.15) is 0 Å². The number of nitrogens with zero attached hydrogens (tertiary/aromatic N) is 1. The highest BCUT2D eigenvalue weighted by Gasteiger charge is 2.69. The number of carbonyl (C=O) groups excluding carboxylic acids is 2. The van der Waals surface area contributed by atoms with Crippen LogP contribution in [-0.2, 0) is 15.1 Å². The molecule has 1 saturated carbocycles. The number of hydrogen-bond acceptors (Lipinski definition) is 4. The van der Waals surface area contributed by atoms with E-state index in [2.05, 4.69) is 22.0 Å². The first-order valence-electron chi connectivity index (χ1n) is 9.02. The fourth-order valence-corrected chi connectivity index (χ4v) is 6.06. The first-order valence-corrected chi connectivity index (χ1v) is 9.86. The number of Topliss-reactive ketones (excluding diaryl/α,β-unsaturated/α-hetero) is 1. The molecule has 1 N–H and O–H groups in total. The van der Waals surface area contributed by atoms with Gasteiger partial charge in [0.25, 0.3) is 0 Å². The Bertz CT molecular complexity index is 952. The van der Waals surface area contributed by atoms with Crippen LogP contribution in [-0.4, -0.2) is 22.2 Å². The van der Waals surface area contributed by atoms with E-state index in [0.717, 1.165) is 11.3 Å². The van der Waals surface area contributed by atoms with Gasteiger partial charge in [0.05, 0.1) is 11.1 Å². The molecule has 5 atom stereocenters. The normalized spacial score (nSPS) is 38.3. The van der Waals surface area contributed by atoms with Crippen LogP contribution in [0.4, 0.5) is 5.69 Å². The molecule has 1 amide bonds. The molecule has 140 valence electrons. The molecule has 1 aromatic carbocycles. The molecule has 2 bridgehead atoms. The minimum atomic E-state index is -1.34. The maximum Gasteiger partial charge on any atom is 0.232 e. The van der Waals surface area contributed by atoms with Crippen molar-refractivity contribution in [2.45, 2.75) is 44.0 Å². The molecule has 0 spiro atoms. The number of halogens is 1. The zero-order chi connectivity index (χ0) is 19.8. The summed E-state index contributed by atoms with van der Waals surface area (Å²) in [6.07, 6.45) is 2.17. The average Bonchev–Trinajstić information content (AvgIpc) is 2.95. The fourth-order valence-electron chi connectivity index (χ4n) is 5.50.